The van der Waals surface area contributed by atoms with Gasteiger partial charge in [0.15, 0.2) is 18.0 Å². The minimum Gasteiger partial charge on any atom is -1.00 e. The topological polar surface area (TPSA) is 12.4 Å². The first kappa shape index (κ1) is 8.12. The summed E-state index contributed by atoms with van der Waals surface area (Å²) in [6.07, 6.45) is 6.54. The summed E-state index contributed by atoms with van der Waals surface area (Å²) in [5.41, 5.74) is 2.17. The van der Waals surface area contributed by atoms with Crippen molar-refractivity contribution in [2.75, 3.05) is 0 Å². The molecule has 0 spiro atoms. The van der Waals surface area contributed by atoms with Gasteiger partial charge in [0.1, 0.15) is 11.6 Å². The Morgan fingerprint density at radius 3 is 2.82 bits per heavy atom. The van der Waals surface area contributed by atoms with Crippen molar-refractivity contribution in [3.8, 4) is 0 Å². The highest BCUT2D eigenvalue weighted by Crippen LogP contribution is 2.21. The number of hydrogen-bond donors (Lipinski definition) is 0. The number of benzene rings is 1. The fourth-order valence-corrected chi connectivity index (χ4v) is 0.961. The standard InChI is InChI=1S/C9H6N.BrH/c1-2-6-9-8(4-1)5-3-7-10-9;/h1-2,4-7H;1H/q+1;/p-1. The summed E-state index contributed by atoms with van der Waals surface area (Å²) in [4.78, 5) is 4.13. The van der Waals surface area contributed by atoms with E-state index in [2.05, 4.69) is 11.1 Å². The molecule has 2 heteroatoms. The lowest BCUT2D eigenvalue weighted by atomic mass is 10.1. The van der Waals surface area contributed by atoms with Crippen molar-refractivity contribution in [1.29, 1.82) is 0 Å². The minimum atomic E-state index is 0. The van der Waals surface area contributed by atoms with Gasteiger partial charge in [0.25, 0.3) is 0 Å². The van der Waals surface area contributed by atoms with Crippen molar-refractivity contribution in [3.63, 3.8) is 0 Å². The summed E-state index contributed by atoms with van der Waals surface area (Å²) >= 11 is 0. The van der Waals surface area contributed by atoms with Crippen LogP contribution in [0.15, 0.2) is 29.3 Å². The van der Waals surface area contributed by atoms with Gasteiger partial charge in [-0.3, -0.25) is 0 Å². The molecule has 0 N–H and O–H groups in total. The van der Waals surface area contributed by atoms with Crippen molar-refractivity contribution in [2.45, 2.75) is 0 Å². The maximum absolute atomic E-state index is 4.13. The predicted molar refractivity (Wildman–Crippen MR) is 42.3 cm³/mol. The summed E-state index contributed by atoms with van der Waals surface area (Å²) in [5, 5.41) is 0. The summed E-state index contributed by atoms with van der Waals surface area (Å²) < 4.78 is 0. The summed E-state index contributed by atoms with van der Waals surface area (Å²) in [7, 11) is 0. The van der Waals surface area contributed by atoms with Gasteiger partial charge in [-0.25, -0.2) is 4.99 Å². The Kier molecular flexibility index (Phi) is 2.53. The molecule has 0 fully saturated rings. The Bertz CT molecular complexity index is 271. The van der Waals surface area contributed by atoms with Gasteiger partial charge in [0.2, 0.25) is 0 Å². The second-order valence-corrected chi connectivity index (χ2v) is 2.13. The molecular weight excluding hydrogens is 202 g/mol. The smallest absolute Gasteiger partial charge is 0.173 e. The molecule has 1 aromatic carbocycles. The van der Waals surface area contributed by atoms with E-state index in [4.69, 9.17) is 0 Å². The van der Waals surface area contributed by atoms with Crippen molar-refractivity contribution in [2.24, 2.45) is 4.99 Å². The van der Waals surface area contributed by atoms with Crippen LogP contribution >= 0.6 is 0 Å². The van der Waals surface area contributed by atoms with Crippen LogP contribution in [-0.2, 0) is 0 Å². The number of hydrogen-bond acceptors (Lipinski definition) is 1. The number of para-hydroxylation sites is 1. The SMILES string of the molecule is [Br-].[C+]1=Cc2ccccc2N=C1. The molecule has 1 aliphatic heterocycles. The van der Waals surface area contributed by atoms with Gasteiger partial charge >= 0.3 is 0 Å². The van der Waals surface area contributed by atoms with Gasteiger partial charge in [-0.2, -0.15) is 0 Å². The second kappa shape index (κ2) is 3.42. The van der Waals surface area contributed by atoms with Crippen LogP contribution < -0.4 is 17.0 Å². The van der Waals surface area contributed by atoms with Gasteiger partial charge in [0, 0.05) is 6.07 Å². The monoisotopic (exact) mass is 207 g/mol. The van der Waals surface area contributed by atoms with Crippen molar-refractivity contribution < 1.29 is 17.0 Å². The largest absolute Gasteiger partial charge is 1.00 e. The van der Waals surface area contributed by atoms with Crippen LogP contribution in [0.2, 0.25) is 0 Å². The summed E-state index contributed by atoms with van der Waals surface area (Å²) in [5.74, 6) is 0. The lowest BCUT2D eigenvalue weighted by molar-refractivity contribution is -0.00000193. The highest BCUT2D eigenvalue weighted by molar-refractivity contribution is 5.83. The van der Waals surface area contributed by atoms with E-state index in [1.807, 2.05) is 30.3 Å². The number of halogens is 1. The van der Waals surface area contributed by atoms with Gasteiger partial charge in [-0.1, -0.05) is 6.07 Å². The normalized spacial score (nSPS) is 11.3. The van der Waals surface area contributed by atoms with E-state index in [1.54, 1.807) is 6.21 Å². The third-order valence-corrected chi connectivity index (χ3v) is 1.45. The van der Waals surface area contributed by atoms with Crippen LogP contribution in [0.5, 0.6) is 0 Å². The van der Waals surface area contributed by atoms with E-state index < -0.39 is 0 Å². The van der Waals surface area contributed by atoms with Crippen LogP contribution in [0.3, 0.4) is 0 Å². The van der Waals surface area contributed by atoms with Crippen molar-refractivity contribution in [1.82, 2.24) is 0 Å². The molecule has 0 amide bonds. The highest BCUT2D eigenvalue weighted by atomic mass is 79.9. The molecule has 2 rings (SSSR count). The number of aliphatic imine (C=N–C) groups is 1. The van der Waals surface area contributed by atoms with Crippen molar-refractivity contribution >= 4 is 18.0 Å². The van der Waals surface area contributed by atoms with Gasteiger partial charge < -0.3 is 17.0 Å². The van der Waals surface area contributed by atoms with E-state index >= 15 is 0 Å². The predicted octanol–water partition coefficient (Wildman–Crippen LogP) is -0.777. The molecule has 0 saturated heterocycles. The molecule has 0 atom stereocenters. The maximum Gasteiger partial charge on any atom is 0.173 e. The first-order chi connectivity index (χ1) is 4.97. The van der Waals surface area contributed by atoms with E-state index in [9.17, 15) is 0 Å². The first-order valence-electron chi connectivity index (χ1n) is 3.18. The fraction of sp³-hybridized carbons (Fsp3) is 0. The zero-order valence-electron chi connectivity index (χ0n) is 5.79. The van der Waals surface area contributed by atoms with Crippen LogP contribution in [0.25, 0.3) is 6.08 Å². The Hall–Kier alpha value is -0.980. The average Bonchev–Trinajstić information content (AvgIpc) is 2.05. The molecule has 0 aliphatic carbocycles. The average molecular weight is 208 g/mol. The maximum atomic E-state index is 4.13. The van der Waals surface area contributed by atoms with E-state index in [-0.39, 0.29) is 17.0 Å². The molecule has 0 saturated carbocycles. The molecule has 1 aliphatic rings. The van der Waals surface area contributed by atoms with Crippen molar-refractivity contribution in [3.05, 3.63) is 35.9 Å². The number of allylic oxidation sites excluding steroid dienone is 1. The third-order valence-electron chi connectivity index (χ3n) is 1.45. The van der Waals surface area contributed by atoms with E-state index in [0.717, 1.165) is 11.3 Å². The molecule has 1 heterocycles. The molecule has 11 heavy (non-hydrogen) atoms. The second-order valence-electron chi connectivity index (χ2n) is 2.13. The van der Waals surface area contributed by atoms with E-state index in [1.165, 1.54) is 0 Å². The molecule has 1 aromatic rings. The Morgan fingerprint density at radius 2 is 2.00 bits per heavy atom. The summed E-state index contributed by atoms with van der Waals surface area (Å²) in [6.45, 7) is 0. The van der Waals surface area contributed by atoms with Gasteiger partial charge in [-0.05, 0) is 12.1 Å². The van der Waals surface area contributed by atoms with Crippen LogP contribution in [0.1, 0.15) is 5.56 Å². The van der Waals surface area contributed by atoms with Gasteiger partial charge in [-0.15, -0.1) is 0 Å². The Labute approximate surface area is 76.2 Å². The first-order valence-corrected chi connectivity index (χ1v) is 3.18. The molecular formula is C9H6BrN. The molecule has 0 radical (unpaired) electrons. The third kappa shape index (κ3) is 1.53. The Balaban J connectivity index is 0.000000605. The quantitative estimate of drug-likeness (QED) is 0.496. The fourth-order valence-electron chi connectivity index (χ4n) is 0.961. The number of rotatable bonds is 0. The lowest BCUT2D eigenvalue weighted by Crippen LogP contribution is -3.00. The number of nitrogens with zero attached hydrogens (tertiary/aromatic N) is 1. The van der Waals surface area contributed by atoms with Crippen LogP contribution in [0, 0.1) is 6.08 Å². The Morgan fingerprint density at radius 1 is 1.18 bits per heavy atom. The summed E-state index contributed by atoms with van der Waals surface area (Å²) in [6, 6.07) is 8.00. The molecule has 0 bridgehead atoms. The minimum absolute atomic E-state index is 0. The molecule has 54 valence electrons. The molecule has 0 unspecified atom stereocenters. The van der Waals surface area contributed by atoms with Crippen LogP contribution in [-0.4, -0.2) is 6.21 Å². The van der Waals surface area contributed by atoms with Gasteiger partial charge in [0.05, 0.1) is 0 Å². The number of fused-ring (bicyclic) bond motifs is 1. The van der Waals surface area contributed by atoms with E-state index in [0.29, 0.717) is 0 Å². The molecule has 1 nitrogen and oxygen atoms in total. The van der Waals surface area contributed by atoms with Crippen LogP contribution in [0.4, 0.5) is 5.69 Å². The highest BCUT2D eigenvalue weighted by Gasteiger charge is 2.07. The molecule has 0 aromatic heterocycles. The zero-order valence-corrected chi connectivity index (χ0v) is 7.38. The zero-order chi connectivity index (χ0) is 6.81. The lowest BCUT2D eigenvalue weighted by Gasteiger charge is -1.91.